The number of benzene rings is 2. The van der Waals surface area contributed by atoms with E-state index in [1.165, 1.54) is 13.2 Å². The highest BCUT2D eigenvalue weighted by Gasteiger charge is 2.13. The molecule has 0 amide bonds. The third-order valence-electron chi connectivity index (χ3n) is 4.11. The van der Waals surface area contributed by atoms with Crippen LogP contribution in [-0.2, 0) is 6.61 Å². The van der Waals surface area contributed by atoms with E-state index in [0.717, 1.165) is 22.3 Å². The third-order valence-corrected chi connectivity index (χ3v) is 4.34. The first kappa shape index (κ1) is 19.0. The first-order valence-electron chi connectivity index (χ1n) is 7.76. The number of methoxy groups -OCH3 is 2. The Bertz CT molecular complexity index is 825. The van der Waals surface area contributed by atoms with Crippen molar-refractivity contribution < 1.29 is 19.4 Å². The first-order valence-corrected chi connectivity index (χ1v) is 8.14. The molecule has 0 aliphatic carbocycles. The molecule has 0 saturated heterocycles. The van der Waals surface area contributed by atoms with Crippen LogP contribution in [0.2, 0.25) is 5.02 Å². The van der Waals surface area contributed by atoms with Crippen molar-refractivity contribution in [1.29, 1.82) is 0 Å². The van der Waals surface area contributed by atoms with Crippen LogP contribution >= 0.6 is 11.6 Å². The molecule has 2 aromatic carbocycles. The fourth-order valence-corrected chi connectivity index (χ4v) is 2.96. The Morgan fingerprint density at radius 1 is 1.20 bits per heavy atom. The average molecular weight is 361 g/mol. The van der Waals surface area contributed by atoms with E-state index in [0.29, 0.717) is 22.1 Å². The van der Waals surface area contributed by atoms with E-state index < -0.39 is 0 Å². The van der Waals surface area contributed by atoms with Crippen molar-refractivity contribution >= 4 is 23.5 Å². The molecule has 0 unspecified atom stereocenters. The summed E-state index contributed by atoms with van der Waals surface area (Å²) in [6.45, 7) is 3.75. The number of halogens is 1. The molecule has 0 atom stereocenters. The molecule has 5 heteroatoms. The Hall–Kier alpha value is -2.30. The first-order chi connectivity index (χ1) is 11.9. The van der Waals surface area contributed by atoms with Gasteiger partial charge in [0.1, 0.15) is 11.5 Å². The van der Waals surface area contributed by atoms with Crippen LogP contribution in [-0.4, -0.2) is 25.1 Å². The summed E-state index contributed by atoms with van der Waals surface area (Å²) >= 11 is 5.93. The third kappa shape index (κ3) is 4.03. The van der Waals surface area contributed by atoms with Gasteiger partial charge in [-0.05, 0) is 67.0 Å². The van der Waals surface area contributed by atoms with Gasteiger partial charge in [0.25, 0.3) is 0 Å². The standard InChI is InChI=1S/C20H21ClO4/c1-12-9-14(20(25-4)13(2)17(12)11-22)5-8-18(23)16-7-6-15(21)10-19(16)24-3/h5-10,22H,11H2,1-4H3. The quantitative estimate of drug-likeness (QED) is 0.614. The molecule has 0 bridgehead atoms. The molecule has 2 aromatic rings. The summed E-state index contributed by atoms with van der Waals surface area (Å²) in [5, 5.41) is 10.0. The van der Waals surface area contributed by atoms with E-state index in [4.69, 9.17) is 21.1 Å². The number of hydrogen-bond donors (Lipinski definition) is 1. The van der Waals surface area contributed by atoms with Crippen molar-refractivity contribution in [2.24, 2.45) is 0 Å². The average Bonchev–Trinajstić information content (AvgIpc) is 2.59. The smallest absolute Gasteiger partial charge is 0.189 e. The van der Waals surface area contributed by atoms with Gasteiger partial charge in [-0.2, -0.15) is 0 Å². The van der Waals surface area contributed by atoms with E-state index >= 15 is 0 Å². The highest BCUT2D eigenvalue weighted by molar-refractivity contribution is 6.31. The van der Waals surface area contributed by atoms with Crippen LogP contribution in [0.4, 0.5) is 0 Å². The molecule has 0 radical (unpaired) electrons. The normalized spacial score (nSPS) is 11.0. The Morgan fingerprint density at radius 2 is 1.92 bits per heavy atom. The number of aliphatic hydroxyl groups excluding tert-OH is 1. The number of hydrogen-bond acceptors (Lipinski definition) is 4. The summed E-state index contributed by atoms with van der Waals surface area (Å²) in [5.74, 6) is 0.871. The van der Waals surface area contributed by atoms with Crippen LogP contribution in [0.25, 0.3) is 6.08 Å². The number of aliphatic hydroxyl groups is 1. The fraction of sp³-hybridized carbons (Fsp3) is 0.250. The van der Waals surface area contributed by atoms with Gasteiger partial charge in [0.15, 0.2) is 5.78 Å². The molecular formula is C20H21ClO4. The Labute approximate surface area is 152 Å². The topological polar surface area (TPSA) is 55.8 Å². The minimum Gasteiger partial charge on any atom is -0.496 e. The Morgan fingerprint density at radius 3 is 2.52 bits per heavy atom. The maximum atomic E-state index is 12.5. The lowest BCUT2D eigenvalue weighted by molar-refractivity contribution is 0.104. The van der Waals surface area contributed by atoms with Gasteiger partial charge in [-0.15, -0.1) is 0 Å². The number of ether oxygens (including phenoxy) is 2. The Kier molecular flexibility index (Phi) is 6.23. The SMILES string of the molecule is COc1cc(Cl)ccc1C(=O)C=Cc1cc(C)c(CO)c(C)c1OC. The predicted molar refractivity (Wildman–Crippen MR) is 99.8 cm³/mol. The molecule has 132 valence electrons. The molecule has 0 aliphatic heterocycles. The zero-order chi connectivity index (χ0) is 18.6. The van der Waals surface area contributed by atoms with Gasteiger partial charge in [-0.25, -0.2) is 0 Å². The second-order valence-corrected chi connectivity index (χ2v) is 6.06. The van der Waals surface area contributed by atoms with Crippen LogP contribution in [0.1, 0.15) is 32.6 Å². The van der Waals surface area contributed by atoms with Gasteiger partial charge in [0.2, 0.25) is 0 Å². The molecular weight excluding hydrogens is 340 g/mol. The summed E-state index contributed by atoms with van der Waals surface area (Å²) in [6, 6.07) is 6.78. The molecule has 2 rings (SSSR count). The minimum absolute atomic E-state index is 0.0566. The molecule has 25 heavy (non-hydrogen) atoms. The van der Waals surface area contributed by atoms with Crippen LogP contribution < -0.4 is 9.47 Å². The number of carbonyl (C=O) groups is 1. The number of aryl methyl sites for hydroxylation is 1. The van der Waals surface area contributed by atoms with Gasteiger partial charge >= 0.3 is 0 Å². The van der Waals surface area contributed by atoms with E-state index in [1.54, 1.807) is 31.4 Å². The molecule has 1 N–H and O–H groups in total. The molecule has 0 saturated carbocycles. The summed E-state index contributed by atoms with van der Waals surface area (Å²) < 4.78 is 10.7. The number of allylic oxidation sites excluding steroid dienone is 1. The summed E-state index contributed by atoms with van der Waals surface area (Å²) in [4.78, 5) is 12.5. The van der Waals surface area contributed by atoms with E-state index in [2.05, 4.69) is 0 Å². The van der Waals surface area contributed by atoms with Crippen LogP contribution in [0.15, 0.2) is 30.3 Å². The van der Waals surface area contributed by atoms with Crippen LogP contribution in [0, 0.1) is 13.8 Å². The minimum atomic E-state index is -0.197. The molecule has 0 fully saturated rings. The summed E-state index contributed by atoms with van der Waals surface area (Å²) in [5.41, 5.74) is 3.84. The van der Waals surface area contributed by atoms with E-state index in [-0.39, 0.29) is 12.4 Å². The number of rotatable bonds is 6. The van der Waals surface area contributed by atoms with Gasteiger partial charge in [0, 0.05) is 10.6 Å². The lowest BCUT2D eigenvalue weighted by Crippen LogP contribution is -2.01. The maximum Gasteiger partial charge on any atom is 0.189 e. The van der Waals surface area contributed by atoms with Crippen molar-refractivity contribution in [3.63, 3.8) is 0 Å². The zero-order valence-corrected chi connectivity index (χ0v) is 15.5. The van der Waals surface area contributed by atoms with Gasteiger partial charge in [0.05, 0.1) is 26.4 Å². The molecule has 0 aliphatic rings. The maximum absolute atomic E-state index is 12.5. The lowest BCUT2D eigenvalue weighted by atomic mass is 9.97. The largest absolute Gasteiger partial charge is 0.496 e. The van der Waals surface area contributed by atoms with Gasteiger partial charge in [-0.3, -0.25) is 4.79 Å². The summed E-state index contributed by atoms with van der Waals surface area (Å²) in [6.07, 6.45) is 3.18. The van der Waals surface area contributed by atoms with Crippen molar-refractivity contribution in [2.75, 3.05) is 14.2 Å². The second kappa shape index (κ2) is 8.19. The van der Waals surface area contributed by atoms with Crippen LogP contribution in [0.3, 0.4) is 0 Å². The highest BCUT2D eigenvalue weighted by atomic mass is 35.5. The number of ketones is 1. The zero-order valence-electron chi connectivity index (χ0n) is 14.7. The number of carbonyl (C=O) groups excluding carboxylic acids is 1. The van der Waals surface area contributed by atoms with E-state index in [9.17, 15) is 9.90 Å². The second-order valence-electron chi connectivity index (χ2n) is 5.62. The van der Waals surface area contributed by atoms with Crippen LogP contribution in [0.5, 0.6) is 11.5 Å². The molecule has 0 aromatic heterocycles. The predicted octanol–water partition coefficient (Wildman–Crippen LogP) is 4.36. The van der Waals surface area contributed by atoms with Crippen molar-refractivity contribution in [3.05, 3.63) is 63.2 Å². The lowest BCUT2D eigenvalue weighted by Gasteiger charge is -2.15. The van der Waals surface area contributed by atoms with E-state index in [1.807, 2.05) is 19.9 Å². The molecule has 0 spiro atoms. The van der Waals surface area contributed by atoms with Crippen molar-refractivity contribution in [1.82, 2.24) is 0 Å². The fourth-order valence-electron chi connectivity index (χ4n) is 2.80. The molecule has 0 heterocycles. The van der Waals surface area contributed by atoms with Crippen molar-refractivity contribution in [2.45, 2.75) is 20.5 Å². The Balaban J connectivity index is 2.41. The van der Waals surface area contributed by atoms with Gasteiger partial charge < -0.3 is 14.6 Å². The summed E-state index contributed by atoms with van der Waals surface area (Å²) in [7, 11) is 3.07. The monoisotopic (exact) mass is 360 g/mol. The van der Waals surface area contributed by atoms with Crippen molar-refractivity contribution in [3.8, 4) is 11.5 Å². The highest BCUT2D eigenvalue weighted by Crippen LogP contribution is 2.31. The van der Waals surface area contributed by atoms with Gasteiger partial charge in [-0.1, -0.05) is 11.6 Å². The molecule has 4 nitrogen and oxygen atoms in total.